The number of nitrogens with zero attached hydrogens (tertiary/aromatic N) is 3. The molecule has 1 aliphatic rings. The number of nitrogens with one attached hydrogen (secondary N) is 1. The Morgan fingerprint density at radius 1 is 1.36 bits per heavy atom. The van der Waals surface area contributed by atoms with Crippen LogP contribution in [0.3, 0.4) is 0 Å². The Kier molecular flexibility index (Phi) is 10.6. The molecule has 1 unspecified atom stereocenters. The Morgan fingerprint density at radius 3 is 2.64 bits per heavy atom. The zero-order chi connectivity index (χ0) is 27.0. The van der Waals surface area contributed by atoms with Crippen LogP contribution in [0.4, 0.5) is 0 Å². The van der Waals surface area contributed by atoms with Crippen LogP contribution in [-0.2, 0) is 14.3 Å². The first-order chi connectivity index (χ1) is 16.9. The van der Waals surface area contributed by atoms with E-state index in [9.17, 15) is 19.5 Å². The molecule has 1 aliphatic heterocycles. The van der Waals surface area contributed by atoms with Gasteiger partial charge in [-0.3, -0.25) is 19.4 Å². The van der Waals surface area contributed by atoms with Crippen molar-refractivity contribution in [3.8, 4) is 0 Å². The third kappa shape index (κ3) is 8.19. The van der Waals surface area contributed by atoms with Gasteiger partial charge in [-0.05, 0) is 57.2 Å². The number of ether oxygens (including phenoxy) is 1. The predicted octanol–water partition coefficient (Wildman–Crippen LogP) is 3.30. The van der Waals surface area contributed by atoms with Gasteiger partial charge < -0.3 is 24.6 Å². The molecule has 0 radical (unpaired) electrons. The Hall–Kier alpha value is -3.20. The Bertz CT molecular complexity index is 1070. The van der Waals surface area contributed by atoms with Crippen LogP contribution in [0.1, 0.15) is 59.1 Å². The minimum Gasteiger partial charge on any atom is -0.481 e. The molecular formula is C27H40N4O5. The molecule has 2 N–H and O–H groups in total. The predicted molar refractivity (Wildman–Crippen MR) is 141 cm³/mol. The number of amides is 1. The molecule has 0 saturated carbocycles. The maximum Gasteiger partial charge on any atom is 0.305 e. The molecule has 0 spiro atoms. The number of aromatic nitrogens is 1. The summed E-state index contributed by atoms with van der Waals surface area (Å²) in [6.45, 7) is 17.8. The number of aliphatic imine (C=N–C) groups is 1. The van der Waals surface area contributed by atoms with Gasteiger partial charge >= 0.3 is 5.97 Å². The minimum atomic E-state index is -1.08. The molecule has 2 rings (SSSR count). The number of rotatable bonds is 11. The molecule has 1 amide bonds. The van der Waals surface area contributed by atoms with Crippen LogP contribution in [0, 0.1) is 12.8 Å². The van der Waals surface area contributed by atoms with Crippen molar-refractivity contribution in [1.29, 1.82) is 0 Å². The molecule has 0 bridgehead atoms. The van der Waals surface area contributed by atoms with Crippen molar-refractivity contribution in [3.63, 3.8) is 0 Å². The fraction of sp³-hybridized carbons (Fsp3) is 0.556. The highest BCUT2D eigenvalue weighted by Crippen LogP contribution is 2.19. The van der Waals surface area contributed by atoms with Gasteiger partial charge in [0.1, 0.15) is 6.04 Å². The van der Waals surface area contributed by atoms with Crippen molar-refractivity contribution in [2.45, 2.75) is 72.5 Å². The number of pyridine rings is 1. The number of carbonyl (C=O) groups excluding carboxylic acids is 1. The number of carbonyl (C=O) groups is 2. The summed E-state index contributed by atoms with van der Waals surface area (Å²) < 4.78 is 6.90. The van der Waals surface area contributed by atoms with E-state index in [1.54, 1.807) is 12.3 Å². The lowest BCUT2D eigenvalue weighted by molar-refractivity contribution is -0.137. The molecule has 3 atom stereocenters. The average Bonchev–Trinajstić information content (AvgIpc) is 2.80. The van der Waals surface area contributed by atoms with Crippen LogP contribution in [0.5, 0.6) is 0 Å². The second kappa shape index (κ2) is 13.2. The smallest absolute Gasteiger partial charge is 0.305 e. The maximum atomic E-state index is 13.3. The number of aryl methyl sites for hydroxylation is 1. The SMILES string of the molecule is C=C(C=N/C(C)=C(\C)N1CCOC[C@@H]1C)[C@@H](CC(=O)O)NC(=O)C(CC(C)C)n1ccc(C)cc1=O. The lowest BCUT2D eigenvalue weighted by Crippen LogP contribution is -2.44. The first kappa shape index (κ1) is 29.0. The number of hydrogen-bond donors (Lipinski definition) is 2. The summed E-state index contributed by atoms with van der Waals surface area (Å²) in [6, 6.07) is 1.84. The molecule has 1 fully saturated rings. The highest BCUT2D eigenvalue weighted by Gasteiger charge is 2.27. The molecule has 0 aliphatic carbocycles. The van der Waals surface area contributed by atoms with E-state index in [1.807, 2.05) is 34.6 Å². The number of hydrogen-bond acceptors (Lipinski definition) is 6. The van der Waals surface area contributed by atoms with E-state index in [0.717, 1.165) is 23.5 Å². The fourth-order valence-electron chi connectivity index (χ4n) is 4.15. The van der Waals surface area contributed by atoms with E-state index >= 15 is 0 Å². The van der Waals surface area contributed by atoms with Crippen LogP contribution < -0.4 is 10.9 Å². The lowest BCUT2D eigenvalue weighted by Gasteiger charge is -2.36. The molecular weight excluding hydrogens is 460 g/mol. The van der Waals surface area contributed by atoms with Gasteiger partial charge in [0.2, 0.25) is 5.91 Å². The van der Waals surface area contributed by atoms with Gasteiger partial charge in [0.05, 0.1) is 31.4 Å². The van der Waals surface area contributed by atoms with Gasteiger partial charge in [-0.2, -0.15) is 0 Å². The molecule has 0 aromatic carbocycles. The molecule has 1 aromatic heterocycles. The van der Waals surface area contributed by atoms with E-state index in [-0.39, 0.29) is 23.9 Å². The van der Waals surface area contributed by atoms with Gasteiger partial charge in [0.15, 0.2) is 0 Å². The number of carboxylic acids is 1. The zero-order valence-corrected chi connectivity index (χ0v) is 22.3. The highest BCUT2D eigenvalue weighted by molar-refractivity contribution is 5.86. The van der Waals surface area contributed by atoms with Crippen molar-refractivity contribution < 1.29 is 19.4 Å². The third-order valence-corrected chi connectivity index (χ3v) is 6.33. The van der Waals surface area contributed by atoms with Crippen LogP contribution >= 0.6 is 0 Å². The van der Waals surface area contributed by atoms with Crippen LogP contribution in [0.2, 0.25) is 0 Å². The summed E-state index contributed by atoms with van der Waals surface area (Å²) in [4.78, 5) is 44.2. The standard InChI is InChI=1S/C27H40N4O5/c1-17(2)12-24(31-9-8-18(3)13-25(31)32)27(35)29-23(14-26(33)34)19(4)15-28-21(6)22(7)30-10-11-36-16-20(30)5/h8-9,13,15,17,20,23-24H,4,10-12,14,16H2,1-3,5-7H3,(H,29,35)(H,33,34)/b22-21+,28-15?/t20-,23+,24?/m0/s1. The van der Waals surface area contributed by atoms with E-state index in [2.05, 4.69) is 28.7 Å². The Balaban J connectivity index is 2.25. The van der Waals surface area contributed by atoms with E-state index < -0.39 is 24.0 Å². The first-order valence-corrected chi connectivity index (χ1v) is 12.4. The average molecular weight is 501 g/mol. The number of aliphatic carboxylic acids is 1. The lowest BCUT2D eigenvalue weighted by atomic mass is 10.0. The zero-order valence-electron chi connectivity index (χ0n) is 22.3. The quantitative estimate of drug-likeness (QED) is 0.451. The van der Waals surface area contributed by atoms with Crippen LogP contribution in [0.15, 0.2) is 51.7 Å². The van der Waals surface area contributed by atoms with Crippen molar-refractivity contribution in [2.24, 2.45) is 10.9 Å². The summed E-state index contributed by atoms with van der Waals surface area (Å²) in [5.41, 5.74) is 2.67. The third-order valence-electron chi connectivity index (χ3n) is 6.33. The van der Waals surface area contributed by atoms with Gasteiger partial charge in [0.25, 0.3) is 5.56 Å². The van der Waals surface area contributed by atoms with Gasteiger partial charge in [0, 0.05) is 36.8 Å². The summed E-state index contributed by atoms with van der Waals surface area (Å²) >= 11 is 0. The molecule has 2 heterocycles. The second-order valence-corrected chi connectivity index (χ2v) is 9.88. The molecule has 1 saturated heterocycles. The topological polar surface area (TPSA) is 113 Å². The first-order valence-electron chi connectivity index (χ1n) is 12.4. The summed E-state index contributed by atoms with van der Waals surface area (Å²) in [5.74, 6) is -1.37. The van der Waals surface area contributed by atoms with Gasteiger partial charge in [-0.15, -0.1) is 0 Å². The summed E-state index contributed by atoms with van der Waals surface area (Å²) in [5, 5.41) is 12.3. The number of carboxylic acid groups (broad SMARTS) is 1. The fourth-order valence-corrected chi connectivity index (χ4v) is 4.15. The molecule has 36 heavy (non-hydrogen) atoms. The second-order valence-electron chi connectivity index (χ2n) is 9.88. The normalized spacial score (nSPS) is 18.6. The molecule has 9 heteroatoms. The Morgan fingerprint density at radius 2 is 2.06 bits per heavy atom. The summed E-state index contributed by atoms with van der Waals surface area (Å²) in [6.07, 6.45) is 3.19. The Labute approximate surface area is 213 Å². The minimum absolute atomic E-state index is 0.134. The highest BCUT2D eigenvalue weighted by atomic mass is 16.5. The van der Waals surface area contributed by atoms with Gasteiger partial charge in [-0.1, -0.05) is 20.4 Å². The summed E-state index contributed by atoms with van der Waals surface area (Å²) in [7, 11) is 0. The van der Waals surface area contributed by atoms with E-state index in [0.29, 0.717) is 25.2 Å². The maximum absolute atomic E-state index is 13.3. The van der Waals surface area contributed by atoms with Crippen molar-refractivity contribution in [1.82, 2.24) is 14.8 Å². The molecule has 9 nitrogen and oxygen atoms in total. The number of allylic oxidation sites excluding steroid dienone is 2. The van der Waals surface area contributed by atoms with E-state index in [4.69, 9.17) is 4.74 Å². The van der Waals surface area contributed by atoms with Crippen molar-refractivity contribution in [3.05, 3.63) is 57.8 Å². The van der Waals surface area contributed by atoms with Crippen LogP contribution in [0.25, 0.3) is 0 Å². The monoisotopic (exact) mass is 500 g/mol. The van der Waals surface area contributed by atoms with Crippen LogP contribution in [-0.4, -0.2) is 64.5 Å². The van der Waals surface area contributed by atoms with Gasteiger partial charge in [-0.25, -0.2) is 0 Å². The molecule has 198 valence electrons. The molecule has 1 aromatic rings. The largest absolute Gasteiger partial charge is 0.481 e. The number of morpholine rings is 1. The van der Waals surface area contributed by atoms with Crippen molar-refractivity contribution in [2.75, 3.05) is 19.8 Å². The van der Waals surface area contributed by atoms with E-state index in [1.165, 1.54) is 16.8 Å². The van der Waals surface area contributed by atoms with Crippen molar-refractivity contribution >= 4 is 18.1 Å².